The molecule has 1 aliphatic carbocycles. The Labute approximate surface area is 162 Å². The number of hydrogen-bond donors (Lipinski definition) is 2. The number of rotatable bonds is 8. The summed E-state index contributed by atoms with van der Waals surface area (Å²) < 4.78 is 0. The molecule has 1 fully saturated rings. The number of thioether (sulfide) groups is 1. The summed E-state index contributed by atoms with van der Waals surface area (Å²) in [4.78, 5) is 4.70. The van der Waals surface area contributed by atoms with Crippen molar-refractivity contribution in [2.75, 3.05) is 25.1 Å². The van der Waals surface area contributed by atoms with Crippen LogP contribution >= 0.6 is 35.7 Å². The molecule has 1 aliphatic rings. The fraction of sp³-hybridized carbons (Fsp3) is 0.611. The minimum absolute atomic E-state index is 0. The highest BCUT2D eigenvalue weighted by Crippen LogP contribution is 2.41. The Hall–Kier alpha value is -0.430. The van der Waals surface area contributed by atoms with Crippen LogP contribution in [0.2, 0.25) is 0 Å². The second kappa shape index (κ2) is 11.2. The van der Waals surface area contributed by atoms with Gasteiger partial charge in [0.15, 0.2) is 5.96 Å². The zero-order chi connectivity index (χ0) is 15.8. The minimum Gasteiger partial charge on any atom is -0.357 e. The second-order valence-corrected chi connectivity index (χ2v) is 6.90. The summed E-state index contributed by atoms with van der Waals surface area (Å²) in [5.74, 6) is 2.85. The van der Waals surface area contributed by atoms with Crippen molar-refractivity contribution in [3.63, 3.8) is 0 Å². The molecule has 0 aromatic heterocycles. The average Bonchev–Trinajstić information content (AvgIpc) is 3.26. The topological polar surface area (TPSA) is 36.4 Å². The third-order valence-electron chi connectivity index (χ3n) is 4.07. The Balaban J connectivity index is 0.00000264. The summed E-state index contributed by atoms with van der Waals surface area (Å²) in [5, 5.41) is 6.96. The van der Waals surface area contributed by atoms with Crippen molar-refractivity contribution < 1.29 is 0 Å². The number of guanidine groups is 1. The average molecular weight is 447 g/mol. The Morgan fingerprint density at radius 2 is 2.09 bits per heavy atom. The van der Waals surface area contributed by atoms with Crippen molar-refractivity contribution in [1.29, 1.82) is 0 Å². The summed E-state index contributed by atoms with van der Waals surface area (Å²) in [7, 11) is 0. The Bertz CT molecular complexity index is 493. The highest BCUT2D eigenvalue weighted by Gasteiger charge is 2.39. The first-order chi connectivity index (χ1) is 10.8. The first kappa shape index (κ1) is 20.6. The van der Waals surface area contributed by atoms with Crippen molar-refractivity contribution in [3.05, 3.63) is 35.4 Å². The molecule has 1 saturated carbocycles. The molecule has 23 heavy (non-hydrogen) atoms. The van der Waals surface area contributed by atoms with E-state index in [-0.39, 0.29) is 24.0 Å². The van der Waals surface area contributed by atoms with E-state index in [0.717, 1.165) is 19.0 Å². The van der Waals surface area contributed by atoms with Crippen molar-refractivity contribution in [2.24, 2.45) is 4.99 Å². The molecule has 1 aromatic carbocycles. The van der Waals surface area contributed by atoms with E-state index in [1.54, 1.807) is 0 Å². The molecule has 0 heterocycles. The lowest BCUT2D eigenvalue weighted by molar-refractivity contribution is 0.766. The van der Waals surface area contributed by atoms with E-state index >= 15 is 0 Å². The molecular formula is C18H30IN3S. The number of nitrogens with zero attached hydrogens (tertiary/aromatic N) is 1. The highest BCUT2D eigenvalue weighted by molar-refractivity contribution is 14.0. The van der Waals surface area contributed by atoms with E-state index in [1.807, 2.05) is 11.8 Å². The van der Waals surface area contributed by atoms with E-state index in [9.17, 15) is 0 Å². The van der Waals surface area contributed by atoms with Crippen LogP contribution in [0.15, 0.2) is 29.3 Å². The van der Waals surface area contributed by atoms with Crippen LogP contribution in [-0.4, -0.2) is 37.1 Å². The fourth-order valence-corrected chi connectivity index (χ4v) is 3.24. The number of aryl methyl sites for hydroxylation is 1. The van der Waals surface area contributed by atoms with E-state index < -0.39 is 0 Å². The van der Waals surface area contributed by atoms with E-state index in [0.29, 0.717) is 12.0 Å². The van der Waals surface area contributed by atoms with Crippen LogP contribution in [0.5, 0.6) is 0 Å². The summed E-state index contributed by atoms with van der Waals surface area (Å²) in [6.45, 7) is 6.16. The summed E-state index contributed by atoms with van der Waals surface area (Å²) in [6.07, 6.45) is 5.79. The molecule has 2 unspecified atom stereocenters. The van der Waals surface area contributed by atoms with Gasteiger partial charge in [-0.05, 0) is 56.2 Å². The Kier molecular flexibility index (Phi) is 10.0. The number of nitrogens with one attached hydrogen (secondary N) is 2. The first-order valence-electron chi connectivity index (χ1n) is 8.35. The van der Waals surface area contributed by atoms with Gasteiger partial charge in [0.2, 0.25) is 0 Å². The second-order valence-electron chi connectivity index (χ2n) is 5.91. The van der Waals surface area contributed by atoms with Crippen LogP contribution in [0.4, 0.5) is 0 Å². The predicted molar refractivity (Wildman–Crippen MR) is 114 cm³/mol. The van der Waals surface area contributed by atoms with Crippen molar-refractivity contribution in [1.82, 2.24) is 10.6 Å². The molecule has 0 amide bonds. The van der Waals surface area contributed by atoms with Gasteiger partial charge in [0.25, 0.3) is 0 Å². The first-order valence-corrected chi connectivity index (χ1v) is 9.75. The zero-order valence-electron chi connectivity index (χ0n) is 14.5. The molecule has 1 aromatic rings. The summed E-state index contributed by atoms with van der Waals surface area (Å²) >= 11 is 1.91. The van der Waals surface area contributed by atoms with Gasteiger partial charge in [-0.15, -0.1) is 24.0 Å². The van der Waals surface area contributed by atoms with Gasteiger partial charge < -0.3 is 10.6 Å². The third-order valence-corrected chi connectivity index (χ3v) is 4.77. The molecule has 2 rings (SSSR count). The van der Waals surface area contributed by atoms with E-state index in [2.05, 4.69) is 55.0 Å². The van der Waals surface area contributed by atoms with Gasteiger partial charge >= 0.3 is 0 Å². The number of hydrogen-bond acceptors (Lipinski definition) is 2. The fourth-order valence-electron chi connectivity index (χ4n) is 2.75. The molecule has 0 radical (unpaired) electrons. The van der Waals surface area contributed by atoms with Gasteiger partial charge in [-0.3, -0.25) is 4.99 Å². The normalized spacial score (nSPS) is 19.9. The van der Waals surface area contributed by atoms with E-state index in [4.69, 9.17) is 4.99 Å². The van der Waals surface area contributed by atoms with Crippen LogP contribution in [-0.2, 0) is 0 Å². The summed E-state index contributed by atoms with van der Waals surface area (Å²) in [5.41, 5.74) is 2.88. The van der Waals surface area contributed by atoms with Gasteiger partial charge in [-0.1, -0.05) is 24.3 Å². The van der Waals surface area contributed by atoms with Crippen LogP contribution < -0.4 is 10.6 Å². The van der Waals surface area contributed by atoms with Crippen molar-refractivity contribution >= 4 is 41.7 Å². The molecule has 5 heteroatoms. The van der Waals surface area contributed by atoms with E-state index in [1.165, 1.54) is 36.1 Å². The maximum Gasteiger partial charge on any atom is 0.191 e. The number of aliphatic imine (C=N–C) groups is 1. The Morgan fingerprint density at radius 1 is 1.30 bits per heavy atom. The molecule has 0 bridgehead atoms. The molecule has 130 valence electrons. The van der Waals surface area contributed by atoms with Crippen LogP contribution in [0.3, 0.4) is 0 Å². The molecule has 3 nitrogen and oxygen atoms in total. The number of halogens is 1. The predicted octanol–water partition coefficient (Wildman–Crippen LogP) is 4.17. The monoisotopic (exact) mass is 447 g/mol. The minimum atomic E-state index is 0. The molecule has 2 atom stereocenters. The van der Waals surface area contributed by atoms with Gasteiger partial charge in [0.05, 0.1) is 0 Å². The van der Waals surface area contributed by atoms with Gasteiger partial charge in [-0.2, -0.15) is 11.8 Å². The maximum absolute atomic E-state index is 4.70. The van der Waals surface area contributed by atoms with Crippen LogP contribution in [0.25, 0.3) is 0 Å². The smallest absolute Gasteiger partial charge is 0.191 e. The largest absolute Gasteiger partial charge is 0.357 e. The molecule has 0 saturated heterocycles. The number of unbranched alkanes of at least 4 members (excludes halogenated alkanes) is 1. The van der Waals surface area contributed by atoms with Crippen LogP contribution in [0, 0.1) is 6.92 Å². The van der Waals surface area contributed by atoms with Crippen LogP contribution in [0.1, 0.15) is 43.2 Å². The van der Waals surface area contributed by atoms with Crippen molar-refractivity contribution in [3.8, 4) is 0 Å². The third kappa shape index (κ3) is 6.91. The lowest BCUT2D eigenvalue weighted by Crippen LogP contribution is -2.39. The molecule has 0 aliphatic heterocycles. The highest BCUT2D eigenvalue weighted by atomic mass is 127. The number of benzene rings is 1. The van der Waals surface area contributed by atoms with Gasteiger partial charge in [-0.25, -0.2) is 0 Å². The van der Waals surface area contributed by atoms with Gasteiger partial charge in [0, 0.05) is 25.0 Å². The zero-order valence-corrected chi connectivity index (χ0v) is 17.6. The Morgan fingerprint density at radius 3 is 2.78 bits per heavy atom. The molecule has 0 spiro atoms. The SMILES string of the molecule is CCNC(=NCCCCSC)NC1CC1c1ccccc1C.I. The van der Waals surface area contributed by atoms with Gasteiger partial charge in [0.1, 0.15) is 0 Å². The quantitative estimate of drug-likeness (QED) is 0.272. The lowest BCUT2D eigenvalue weighted by atomic mass is 10.0. The standard InChI is InChI=1S/C18H29N3S.HI/c1-4-19-18(20-11-7-8-12-22-3)21-17-13-16(17)15-10-6-5-9-14(15)2;/h5-6,9-10,16-17H,4,7-8,11-13H2,1-3H3,(H2,19,20,21);1H. The van der Waals surface area contributed by atoms with Crippen molar-refractivity contribution in [2.45, 2.75) is 45.1 Å². The summed E-state index contributed by atoms with van der Waals surface area (Å²) in [6, 6.07) is 9.25. The maximum atomic E-state index is 4.70. The molecular weight excluding hydrogens is 417 g/mol. The lowest BCUT2D eigenvalue weighted by Gasteiger charge is -2.12. The molecule has 2 N–H and O–H groups in total.